The van der Waals surface area contributed by atoms with Crippen LogP contribution in [0.3, 0.4) is 0 Å². The topological polar surface area (TPSA) is 110 Å². The van der Waals surface area contributed by atoms with Crippen LogP contribution in [0.4, 0.5) is 4.79 Å². The second kappa shape index (κ2) is 7.55. The molecule has 7 nitrogen and oxygen atoms in total. The molecule has 2 rings (SSSR count). The van der Waals surface area contributed by atoms with E-state index in [1.165, 1.54) is 12.5 Å². The summed E-state index contributed by atoms with van der Waals surface area (Å²) < 4.78 is 0.977. The molecule has 0 radical (unpaired) electrons. The molecule has 0 saturated heterocycles. The fraction of sp³-hybridized carbons (Fsp3) is 0.312. The Balaban J connectivity index is 1.84. The van der Waals surface area contributed by atoms with Gasteiger partial charge in [-0.15, -0.1) is 0 Å². The molecule has 0 bridgehead atoms. The minimum atomic E-state index is -1.09. The summed E-state index contributed by atoms with van der Waals surface area (Å²) in [5, 5.41) is 11.7. The van der Waals surface area contributed by atoms with Crippen LogP contribution in [0.2, 0.25) is 0 Å². The van der Waals surface area contributed by atoms with Crippen molar-refractivity contribution in [2.75, 3.05) is 0 Å². The number of aromatic nitrogens is 2. The van der Waals surface area contributed by atoms with Crippen LogP contribution in [0.5, 0.6) is 0 Å². The lowest BCUT2D eigenvalue weighted by Gasteiger charge is -2.17. The minimum absolute atomic E-state index is 0.193. The quantitative estimate of drug-likeness (QED) is 0.737. The van der Waals surface area contributed by atoms with Crippen molar-refractivity contribution >= 4 is 12.0 Å². The Hall–Kier alpha value is -2.67. The molecule has 4 N–H and O–H groups in total. The number of nitrogens with two attached hydrogens (primary N) is 1. The normalized spacial score (nSPS) is 13.3. The second-order valence-electron chi connectivity index (χ2n) is 5.46. The minimum Gasteiger partial charge on any atom is -0.464 e. The zero-order valence-electron chi connectivity index (χ0n) is 12.8. The van der Waals surface area contributed by atoms with E-state index < -0.39 is 12.1 Å². The predicted molar refractivity (Wildman–Crippen MR) is 85.1 cm³/mol. The highest BCUT2D eigenvalue weighted by Gasteiger charge is 2.17. The Kier molecular flexibility index (Phi) is 5.48. The van der Waals surface area contributed by atoms with E-state index in [0.29, 0.717) is 18.5 Å². The van der Waals surface area contributed by atoms with Gasteiger partial charge in [-0.3, -0.25) is 4.79 Å². The molecule has 0 saturated carbocycles. The number of carboxylic acid groups (broad SMARTS) is 1. The van der Waals surface area contributed by atoms with Crippen LogP contribution in [0.25, 0.3) is 0 Å². The molecule has 1 aromatic heterocycles. The van der Waals surface area contributed by atoms with Crippen LogP contribution in [0.15, 0.2) is 42.9 Å². The SMILES string of the molecule is C[C@H](Cc1cn(C(=O)O)cn1)NC(=O)[C@@H](N)Cc1ccccc1. The molecule has 0 unspecified atom stereocenters. The monoisotopic (exact) mass is 316 g/mol. The first-order valence-corrected chi connectivity index (χ1v) is 7.31. The van der Waals surface area contributed by atoms with Gasteiger partial charge < -0.3 is 16.2 Å². The zero-order chi connectivity index (χ0) is 16.8. The maximum atomic E-state index is 12.1. The molecule has 23 heavy (non-hydrogen) atoms. The van der Waals surface area contributed by atoms with Gasteiger partial charge in [0.05, 0.1) is 11.7 Å². The molecular weight excluding hydrogens is 296 g/mol. The van der Waals surface area contributed by atoms with Gasteiger partial charge in [-0.1, -0.05) is 30.3 Å². The number of carbonyl (C=O) groups is 2. The molecule has 2 aromatic rings. The number of hydrogen-bond donors (Lipinski definition) is 3. The van der Waals surface area contributed by atoms with Crippen LogP contribution in [0, 0.1) is 0 Å². The lowest BCUT2D eigenvalue weighted by molar-refractivity contribution is -0.122. The number of nitrogens with zero attached hydrogens (tertiary/aromatic N) is 2. The molecule has 0 aliphatic heterocycles. The molecule has 2 atom stereocenters. The van der Waals surface area contributed by atoms with Crippen molar-refractivity contribution in [3.05, 3.63) is 54.1 Å². The maximum absolute atomic E-state index is 12.1. The lowest BCUT2D eigenvalue weighted by atomic mass is 10.1. The van der Waals surface area contributed by atoms with Crippen LogP contribution < -0.4 is 11.1 Å². The molecule has 122 valence electrons. The summed E-state index contributed by atoms with van der Waals surface area (Å²) in [6, 6.07) is 8.75. The lowest BCUT2D eigenvalue weighted by Crippen LogP contribution is -2.46. The van der Waals surface area contributed by atoms with E-state index in [9.17, 15) is 9.59 Å². The summed E-state index contributed by atoms with van der Waals surface area (Å²) in [5.74, 6) is -0.237. The average molecular weight is 316 g/mol. The first-order valence-electron chi connectivity index (χ1n) is 7.31. The highest BCUT2D eigenvalue weighted by Crippen LogP contribution is 2.04. The third-order valence-corrected chi connectivity index (χ3v) is 3.40. The van der Waals surface area contributed by atoms with Crippen molar-refractivity contribution in [2.24, 2.45) is 5.73 Å². The molecular formula is C16H20N4O3. The Morgan fingerprint density at radius 1 is 1.30 bits per heavy atom. The third-order valence-electron chi connectivity index (χ3n) is 3.40. The third kappa shape index (κ3) is 4.93. The number of amides is 1. The number of imidazole rings is 1. The molecule has 0 fully saturated rings. The number of hydrogen-bond acceptors (Lipinski definition) is 4. The fourth-order valence-electron chi connectivity index (χ4n) is 2.25. The van der Waals surface area contributed by atoms with E-state index >= 15 is 0 Å². The highest BCUT2D eigenvalue weighted by molar-refractivity contribution is 5.82. The Labute approximate surface area is 134 Å². The molecule has 0 aliphatic carbocycles. The van der Waals surface area contributed by atoms with E-state index in [2.05, 4.69) is 10.3 Å². The van der Waals surface area contributed by atoms with Gasteiger partial charge in [0.1, 0.15) is 6.33 Å². The van der Waals surface area contributed by atoms with Gasteiger partial charge in [0.25, 0.3) is 0 Å². The Bertz CT molecular complexity index is 669. The summed E-state index contributed by atoms with van der Waals surface area (Å²) in [5.41, 5.74) is 7.52. The summed E-state index contributed by atoms with van der Waals surface area (Å²) >= 11 is 0. The summed E-state index contributed by atoms with van der Waals surface area (Å²) in [6.45, 7) is 1.83. The van der Waals surface area contributed by atoms with E-state index in [0.717, 1.165) is 10.1 Å². The zero-order valence-corrected chi connectivity index (χ0v) is 12.8. The van der Waals surface area contributed by atoms with Gasteiger partial charge in [-0.25, -0.2) is 14.3 Å². The van der Waals surface area contributed by atoms with Crippen molar-refractivity contribution in [2.45, 2.75) is 31.8 Å². The van der Waals surface area contributed by atoms with Crippen molar-refractivity contribution < 1.29 is 14.7 Å². The number of benzene rings is 1. The van der Waals surface area contributed by atoms with E-state index in [1.807, 2.05) is 37.3 Å². The van der Waals surface area contributed by atoms with Crippen LogP contribution in [0.1, 0.15) is 18.2 Å². The van der Waals surface area contributed by atoms with Gasteiger partial charge in [0, 0.05) is 18.7 Å². The molecule has 1 aromatic carbocycles. The van der Waals surface area contributed by atoms with E-state index in [1.54, 1.807) is 0 Å². The van der Waals surface area contributed by atoms with Gasteiger partial charge in [0.15, 0.2) is 0 Å². The number of carbonyl (C=O) groups excluding carboxylic acids is 1. The van der Waals surface area contributed by atoms with Crippen molar-refractivity contribution in [3.63, 3.8) is 0 Å². The van der Waals surface area contributed by atoms with Gasteiger partial charge in [-0.2, -0.15) is 0 Å². The first kappa shape index (κ1) is 16.7. The van der Waals surface area contributed by atoms with Gasteiger partial charge in [0.2, 0.25) is 5.91 Å². The molecule has 0 spiro atoms. The number of rotatable bonds is 6. The standard InChI is InChI=1S/C16H20N4O3/c1-11(7-13-9-20(10-18-13)16(22)23)19-15(21)14(17)8-12-5-3-2-4-6-12/h2-6,9-11,14H,7-8,17H2,1H3,(H,19,21)(H,22,23)/t11-,14+/m1/s1. The van der Waals surface area contributed by atoms with Crippen LogP contribution >= 0.6 is 0 Å². The highest BCUT2D eigenvalue weighted by atomic mass is 16.4. The fourth-order valence-corrected chi connectivity index (χ4v) is 2.25. The van der Waals surface area contributed by atoms with Gasteiger partial charge in [-0.05, 0) is 18.9 Å². The predicted octanol–water partition coefficient (Wildman–Crippen LogP) is 1.03. The van der Waals surface area contributed by atoms with Crippen LogP contribution in [-0.2, 0) is 17.6 Å². The number of nitrogens with one attached hydrogen (secondary N) is 1. The molecule has 0 aliphatic rings. The maximum Gasteiger partial charge on any atom is 0.416 e. The van der Waals surface area contributed by atoms with E-state index in [-0.39, 0.29) is 11.9 Å². The summed E-state index contributed by atoms with van der Waals surface area (Å²) in [7, 11) is 0. The van der Waals surface area contributed by atoms with Crippen LogP contribution in [-0.4, -0.2) is 38.7 Å². The summed E-state index contributed by atoms with van der Waals surface area (Å²) in [6.07, 6.45) is 2.46. The largest absolute Gasteiger partial charge is 0.464 e. The van der Waals surface area contributed by atoms with Gasteiger partial charge >= 0.3 is 6.09 Å². The average Bonchev–Trinajstić information content (AvgIpc) is 2.96. The van der Waals surface area contributed by atoms with Crippen molar-refractivity contribution in [1.29, 1.82) is 0 Å². The molecule has 7 heteroatoms. The van der Waals surface area contributed by atoms with Crippen molar-refractivity contribution in [3.8, 4) is 0 Å². The van der Waals surface area contributed by atoms with Crippen molar-refractivity contribution in [1.82, 2.24) is 14.9 Å². The molecule has 1 amide bonds. The van der Waals surface area contributed by atoms with E-state index in [4.69, 9.17) is 10.8 Å². The Morgan fingerprint density at radius 2 is 2.00 bits per heavy atom. The molecule has 1 heterocycles. The summed E-state index contributed by atoms with van der Waals surface area (Å²) in [4.78, 5) is 26.9. The first-order chi connectivity index (χ1) is 11.0. The smallest absolute Gasteiger partial charge is 0.416 e. The Morgan fingerprint density at radius 3 is 2.61 bits per heavy atom. The second-order valence-corrected chi connectivity index (χ2v) is 5.46.